The first-order valence-corrected chi connectivity index (χ1v) is 7.92. The number of nitro benzene ring substituents is 1. The number of non-ortho nitro benzene ring substituents is 1. The topological polar surface area (TPSA) is 139 Å². The van der Waals surface area contributed by atoms with Crippen molar-refractivity contribution in [2.75, 3.05) is 0 Å². The number of aromatic hydroxyl groups is 1. The van der Waals surface area contributed by atoms with E-state index in [9.17, 15) is 20.0 Å². The Morgan fingerprint density at radius 2 is 1.93 bits per heavy atom. The molecule has 9 heteroatoms. The fourth-order valence-corrected chi connectivity index (χ4v) is 2.23. The minimum absolute atomic E-state index is 0.0425. The van der Waals surface area contributed by atoms with Gasteiger partial charge in [-0.15, -0.1) is 0 Å². The van der Waals surface area contributed by atoms with Gasteiger partial charge in [-0.1, -0.05) is 12.1 Å². The van der Waals surface area contributed by atoms with Crippen LogP contribution in [0.5, 0.6) is 5.95 Å². The van der Waals surface area contributed by atoms with Crippen LogP contribution in [-0.2, 0) is 0 Å². The number of hydrogen-bond donors (Lipinski definition) is 2. The van der Waals surface area contributed by atoms with Crippen molar-refractivity contribution in [3.63, 3.8) is 0 Å². The van der Waals surface area contributed by atoms with Crippen LogP contribution in [0.2, 0.25) is 0 Å². The van der Waals surface area contributed by atoms with E-state index in [2.05, 4.69) is 9.98 Å². The molecular formula is C19H13N3O6. The van der Waals surface area contributed by atoms with Gasteiger partial charge in [0.1, 0.15) is 0 Å². The van der Waals surface area contributed by atoms with Crippen molar-refractivity contribution in [2.45, 2.75) is 0 Å². The molecular weight excluding hydrogens is 366 g/mol. The Hall–Kier alpha value is -4.27. The smallest absolute Gasteiger partial charge is 0.335 e. The lowest BCUT2D eigenvalue weighted by Crippen LogP contribution is -1.94. The lowest BCUT2D eigenvalue weighted by Gasteiger charge is -1.95. The molecule has 9 nitrogen and oxygen atoms in total. The maximum absolute atomic E-state index is 10.8. The first-order valence-electron chi connectivity index (χ1n) is 7.92. The Morgan fingerprint density at radius 3 is 2.61 bits per heavy atom. The molecule has 2 N–H and O–H groups in total. The maximum Gasteiger partial charge on any atom is 0.335 e. The molecule has 0 aliphatic rings. The molecule has 0 saturated carbocycles. The highest BCUT2D eigenvalue weighted by Crippen LogP contribution is 2.21. The molecule has 0 unspecified atom stereocenters. The van der Waals surface area contributed by atoms with E-state index in [1.165, 1.54) is 48.7 Å². The number of oxazole rings is 1. The van der Waals surface area contributed by atoms with Crippen LogP contribution in [0.4, 0.5) is 11.4 Å². The molecule has 1 heterocycles. The zero-order chi connectivity index (χ0) is 20.1. The number of benzene rings is 2. The summed E-state index contributed by atoms with van der Waals surface area (Å²) in [5.74, 6) is -1.39. The summed E-state index contributed by atoms with van der Waals surface area (Å²) in [4.78, 5) is 29.3. The average Bonchev–Trinajstić information content (AvgIpc) is 3.05. The fraction of sp³-hybridized carbons (Fsp3) is 0. The fourth-order valence-electron chi connectivity index (χ4n) is 2.23. The number of aliphatic imine (C=N–C) groups is 1. The van der Waals surface area contributed by atoms with Crippen molar-refractivity contribution in [2.24, 2.45) is 4.99 Å². The van der Waals surface area contributed by atoms with Crippen molar-refractivity contribution in [3.8, 4) is 5.95 Å². The summed E-state index contributed by atoms with van der Waals surface area (Å²) < 4.78 is 5.11. The van der Waals surface area contributed by atoms with Gasteiger partial charge in [-0.3, -0.25) is 15.1 Å². The lowest BCUT2D eigenvalue weighted by molar-refractivity contribution is -0.384. The molecule has 2 aromatic carbocycles. The normalized spacial score (nSPS) is 11.3. The van der Waals surface area contributed by atoms with Crippen molar-refractivity contribution in [3.05, 3.63) is 81.4 Å². The summed E-state index contributed by atoms with van der Waals surface area (Å²) in [5, 5.41) is 29.5. The predicted molar refractivity (Wildman–Crippen MR) is 101 cm³/mol. The van der Waals surface area contributed by atoms with Crippen LogP contribution in [0, 0.1) is 10.1 Å². The van der Waals surface area contributed by atoms with E-state index in [0.29, 0.717) is 11.3 Å². The molecule has 0 spiro atoms. The van der Waals surface area contributed by atoms with Crippen LogP contribution in [0.15, 0.2) is 57.9 Å². The SMILES string of the molecule is O=C(O)c1ccc(N=Cc2nc(/C=C/c3cccc([N+](=O)[O-])c3)oc2O)cc1. The molecule has 140 valence electrons. The number of carboxylic acids is 1. The van der Waals surface area contributed by atoms with Gasteiger partial charge in [0.15, 0.2) is 5.69 Å². The van der Waals surface area contributed by atoms with Gasteiger partial charge >= 0.3 is 11.9 Å². The van der Waals surface area contributed by atoms with Gasteiger partial charge < -0.3 is 14.6 Å². The van der Waals surface area contributed by atoms with Crippen LogP contribution >= 0.6 is 0 Å². The van der Waals surface area contributed by atoms with Crippen LogP contribution < -0.4 is 0 Å². The highest BCUT2D eigenvalue weighted by Gasteiger charge is 2.09. The third-order valence-electron chi connectivity index (χ3n) is 3.60. The molecule has 0 amide bonds. The quantitative estimate of drug-likeness (QED) is 0.376. The zero-order valence-corrected chi connectivity index (χ0v) is 14.2. The Labute approximate surface area is 158 Å². The van der Waals surface area contributed by atoms with Crippen molar-refractivity contribution < 1.29 is 24.3 Å². The minimum atomic E-state index is -1.04. The van der Waals surface area contributed by atoms with Gasteiger partial charge in [-0.2, -0.15) is 0 Å². The monoisotopic (exact) mass is 379 g/mol. The molecule has 0 radical (unpaired) electrons. The molecule has 3 rings (SSSR count). The molecule has 1 aromatic heterocycles. The Morgan fingerprint density at radius 1 is 1.18 bits per heavy atom. The van der Waals surface area contributed by atoms with Gasteiger partial charge in [-0.05, 0) is 35.9 Å². The number of aromatic carboxylic acids is 1. The predicted octanol–water partition coefficient (Wildman–Crippen LogP) is 3.91. The summed E-state index contributed by atoms with van der Waals surface area (Å²) in [7, 11) is 0. The molecule has 0 aliphatic carbocycles. The van der Waals surface area contributed by atoms with Gasteiger partial charge in [0.05, 0.1) is 22.4 Å². The second-order valence-corrected chi connectivity index (χ2v) is 5.54. The summed E-state index contributed by atoms with van der Waals surface area (Å²) >= 11 is 0. The van der Waals surface area contributed by atoms with E-state index in [0.717, 1.165) is 0 Å². The van der Waals surface area contributed by atoms with Crippen LogP contribution in [0.3, 0.4) is 0 Å². The maximum atomic E-state index is 10.8. The first-order chi connectivity index (χ1) is 13.4. The largest absolute Gasteiger partial charge is 0.479 e. The molecule has 0 bridgehead atoms. The number of carbonyl (C=O) groups is 1. The van der Waals surface area contributed by atoms with E-state index in [-0.39, 0.29) is 22.8 Å². The lowest BCUT2D eigenvalue weighted by atomic mass is 10.2. The molecule has 0 aliphatic heterocycles. The number of hydrogen-bond acceptors (Lipinski definition) is 7. The van der Waals surface area contributed by atoms with Gasteiger partial charge in [0.2, 0.25) is 5.89 Å². The number of nitrogens with zero attached hydrogens (tertiary/aromatic N) is 3. The third-order valence-corrected chi connectivity index (χ3v) is 3.60. The Bertz CT molecular complexity index is 1080. The van der Waals surface area contributed by atoms with E-state index < -0.39 is 16.8 Å². The highest BCUT2D eigenvalue weighted by atomic mass is 16.6. The second kappa shape index (κ2) is 7.96. The highest BCUT2D eigenvalue weighted by molar-refractivity contribution is 5.88. The van der Waals surface area contributed by atoms with Gasteiger partial charge in [0.25, 0.3) is 5.69 Å². The van der Waals surface area contributed by atoms with E-state index >= 15 is 0 Å². The molecule has 28 heavy (non-hydrogen) atoms. The summed E-state index contributed by atoms with van der Waals surface area (Å²) in [5.41, 5.74) is 1.22. The van der Waals surface area contributed by atoms with Crippen molar-refractivity contribution in [1.29, 1.82) is 0 Å². The van der Waals surface area contributed by atoms with Gasteiger partial charge in [0, 0.05) is 18.2 Å². The first kappa shape index (κ1) is 18.5. The van der Waals surface area contributed by atoms with E-state index in [1.807, 2.05) is 0 Å². The number of nitro groups is 1. The third kappa shape index (κ3) is 4.47. The van der Waals surface area contributed by atoms with Crippen LogP contribution in [0.1, 0.15) is 27.5 Å². The molecule has 0 fully saturated rings. The summed E-state index contributed by atoms with van der Waals surface area (Å²) in [6.07, 6.45) is 4.29. The summed E-state index contributed by atoms with van der Waals surface area (Å²) in [6, 6.07) is 11.8. The zero-order valence-electron chi connectivity index (χ0n) is 14.2. The Balaban J connectivity index is 1.74. The number of carboxylic acid groups (broad SMARTS) is 1. The van der Waals surface area contributed by atoms with Gasteiger partial charge in [-0.25, -0.2) is 9.78 Å². The summed E-state index contributed by atoms with van der Waals surface area (Å²) in [6.45, 7) is 0. The Kier molecular flexibility index (Phi) is 5.26. The standard InChI is InChI=1S/C19H13N3O6/c23-18(24)13-5-7-14(8-6-13)20-11-16-19(25)28-17(21-16)9-4-12-2-1-3-15(10-12)22(26)27/h1-11,25H,(H,23,24)/b9-4+,20-11?. The minimum Gasteiger partial charge on any atom is -0.479 e. The molecule has 0 atom stereocenters. The van der Waals surface area contributed by atoms with E-state index in [1.54, 1.807) is 18.2 Å². The number of aromatic nitrogens is 1. The average molecular weight is 379 g/mol. The number of rotatable bonds is 6. The van der Waals surface area contributed by atoms with E-state index in [4.69, 9.17) is 9.52 Å². The second-order valence-electron chi connectivity index (χ2n) is 5.54. The molecule has 3 aromatic rings. The van der Waals surface area contributed by atoms with Crippen molar-refractivity contribution in [1.82, 2.24) is 4.98 Å². The van der Waals surface area contributed by atoms with Crippen molar-refractivity contribution >= 4 is 35.7 Å². The molecule has 0 saturated heterocycles. The van der Waals surface area contributed by atoms with Crippen LogP contribution in [-0.4, -0.2) is 32.3 Å². The van der Waals surface area contributed by atoms with Crippen LogP contribution in [0.25, 0.3) is 12.2 Å².